The minimum Gasteiger partial charge on any atom is -0.389 e. The lowest BCUT2D eigenvalue weighted by atomic mass is 10.1. The van der Waals surface area contributed by atoms with E-state index >= 15 is 0 Å². The number of hydrogen-bond donors (Lipinski definition) is 1. The van der Waals surface area contributed by atoms with Crippen LogP contribution < -0.4 is 10.6 Å². The molecule has 0 fully saturated rings. The molecule has 0 aliphatic rings. The van der Waals surface area contributed by atoms with Crippen LogP contribution in [-0.2, 0) is 0 Å². The van der Waals surface area contributed by atoms with E-state index in [1.165, 1.54) is 17.0 Å². The summed E-state index contributed by atoms with van der Waals surface area (Å²) < 4.78 is 13.7. The number of rotatable bonds is 3. The van der Waals surface area contributed by atoms with Crippen LogP contribution in [0.5, 0.6) is 0 Å². The van der Waals surface area contributed by atoms with Crippen LogP contribution in [0.15, 0.2) is 46.9 Å². The molecule has 0 radical (unpaired) electrons. The molecule has 2 aromatic carbocycles. The second kappa shape index (κ2) is 6.32. The maximum atomic E-state index is 13.5. The number of anilines is 1. The van der Waals surface area contributed by atoms with E-state index in [1.54, 1.807) is 37.4 Å². The lowest BCUT2D eigenvalue weighted by molar-refractivity contribution is 0.0992. The van der Waals surface area contributed by atoms with Crippen molar-refractivity contribution < 1.29 is 9.18 Å². The first-order valence-corrected chi connectivity index (χ1v) is 7.24. The molecule has 0 atom stereocenters. The fourth-order valence-electron chi connectivity index (χ4n) is 1.82. The van der Waals surface area contributed by atoms with Gasteiger partial charge in [0.05, 0.1) is 10.0 Å². The summed E-state index contributed by atoms with van der Waals surface area (Å²) in [5.41, 5.74) is 7.18. The number of carbonyl (C=O) groups is 1. The molecule has 0 aliphatic heterocycles. The summed E-state index contributed by atoms with van der Waals surface area (Å²) in [4.78, 5) is 14.1. The Morgan fingerprint density at radius 2 is 1.86 bits per heavy atom. The van der Waals surface area contributed by atoms with Crippen LogP contribution in [0.3, 0.4) is 0 Å². The van der Waals surface area contributed by atoms with Crippen molar-refractivity contribution in [1.29, 1.82) is 0 Å². The molecule has 0 saturated carbocycles. The molecule has 2 N–H and O–H groups in total. The van der Waals surface area contributed by atoms with E-state index in [2.05, 4.69) is 15.9 Å². The Morgan fingerprint density at radius 1 is 1.24 bits per heavy atom. The Kier molecular flexibility index (Phi) is 4.69. The normalized spacial score (nSPS) is 10.2. The summed E-state index contributed by atoms with van der Waals surface area (Å²) in [6.45, 7) is 0. The fraction of sp³-hybridized carbons (Fsp3) is 0.0667. The molecule has 0 spiro atoms. The van der Waals surface area contributed by atoms with Gasteiger partial charge in [-0.3, -0.25) is 4.79 Å². The third kappa shape index (κ3) is 3.28. The lowest BCUT2D eigenvalue weighted by Gasteiger charge is -2.18. The largest absolute Gasteiger partial charge is 0.389 e. The summed E-state index contributed by atoms with van der Waals surface area (Å²) in [6.07, 6.45) is 0. The van der Waals surface area contributed by atoms with Crippen molar-refractivity contribution in [1.82, 2.24) is 0 Å². The van der Waals surface area contributed by atoms with Crippen LogP contribution in [0.4, 0.5) is 10.1 Å². The van der Waals surface area contributed by atoms with E-state index in [0.29, 0.717) is 10.7 Å². The van der Waals surface area contributed by atoms with Crippen LogP contribution in [0, 0.1) is 5.82 Å². The zero-order valence-corrected chi connectivity index (χ0v) is 13.5. The van der Waals surface area contributed by atoms with Gasteiger partial charge in [0.1, 0.15) is 10.8 Å². The molecule has 0 aromatic heterocycles. The summed E-state index contributed by atoms with van der Waals surface area (Å²) >= 11 is 7.98. The van der Waals surface area contributed by atoms with Gasteiger partial charge < -0.3 is 10.6 Å². The molecule has 3 nitrogen and oxygen atoms in total. The fourth-order valence-corrected chi connectivity index (χ4v) is 2.39. The van der Waals surface area contributed by atoms with Crippen LogP contribution in [-0.4, -0.2) is 17.9 Å². The van der Waals surface area contributed by atoms with Gasteiger partial charge in [-0.25, -0.2) is 4.39 Å². The van der Waals surface area contributed by atoms with Gasteiger partial charge in [0.25, 0.3) is 5.91 Å². The molecule has 0 aliphatic carbocycles. The smallest absolute Gasteiger partial charge is 0.259 e. The average molecular weight is 367 g/mol. The van der Waals surface area contributed by atoms with E-state index in [9.17, 15) is 9.18 Å². The molecule has 1 amide bonds. The quantitative estimate of drug-likeness (QED) is 0.845. The third-order valence-corrected chi connectivity index (χ3v) is 4.07. The molecule has 0 unspecified atom stereocenters. The zero-order valence-electron chi connectivity index (χ0n) is 11.1. The van der Waals surface area contributed by atoms with Crippen molar-refractivity contribution in [2.75, 3.05) is 11.9 Å². The van der Waals surface area contributed by atoms with Crippen LogP contribution >= 0.6 is 28.1 Å². The Morgan fingerprint density at radius 3 is 2.43 bits per heavy atom. The number of carbonyl (C=O) groups excluding carboxylic acids is 1. The predicted molar refractivity (Wildman–Crippen MR) is 89.2 cm³/mol. The minimum absolute atomic E-state index is 0.154. The number of thiocarbonyl (C=S) groups is 1. The molecule has 21 heavy (non-hydrogen) atoms. The summed E-state index contributed by atoms with van der Waals surface area (Å²) in [5.74, 6) is -0.789. The molecule has 2 rings (SSSR count). The Hall–Kier alpha value is -1.79. The Balaban J connectivity index is 2.30. The monoisotopic (exact) mass is 366 g/mol. The van der Waals surface area contributed by atoms with Crippen LogP contribution in [0.25, 0.3) is 0 Å². The Labute approximate surface area is 135 Å². The van der Waals surface area contributed by atoms with Crippen molar-refractivity contribution in [2.45, 2.75) is 0 Å². The maximum Gasteiger partial charge on any atom is 0.259 e. The first kappa shape index (κ1) is 15.6. The molecule has 0 bridgehead atoms. The summed E-state index contributed by atoms with van der Waals surface area (Å²) in [5, 5.41) is 0. The van der Waals surface area contributed by atoms with Gasteiger partial charge in [0.2, 0.25) is 0 Å². The third-order valence-electron chi connectivity index (χ3n) is 3.03. The summed E-state index contributed by atoms with van der Waals surface area (Å²) in [6, 6.07) is 11.3. The van der Waals surface area contributed by atoms with E-state index in [4.69, 9.17) is 18.0 Å². The molecule has 108 valence electrons. The molecule has 6 heteroatoms. The molecule has 0 heterocycles. The number of nitrogens with two attached hydrogens (primary N) is 1. The molecular formula is C15H12BrFN2OS. The highest BCUT2D eigenvalue weighted by Gasteiger charge is 2.18. The van der Waals surface area contributed by atoms with Crippen molar-refractivity contribution in [3.8, 4) is 0 Å². The second-order valence-corrected chi connectivity index (χ2v) is 5.61. The van der Waals surface area contributed by atoms with E-state index in [-0.39, 0.29) is 15.9 Å². The molecule has 2 aromatic rings. The van der Waals surface area contributed by atoms with Gasteiger partial charge in [0.15, 0.2) is 0 Å². The van der Waals surface area contributed by atoms with Crippen LogP contribution in [0.1, 0.15) is 15.9 Å². The van der Waals surface area contributed by atoms with Crippen molar-refractivity contribution in [2.24, 2.45) is 5.73 Å². The van der Waals surface area contributed by atoms with E-state index < -0.39 is 5.82 Å². The van der Waals surface area contributed by atoms with Crippen LogP contribution in [0.2, 0.25) is 0 Å². The average Bonchev–Trinajstić information content (AvgIpc) is 2.48. The lowest BCUT2D eigenvalue weighted by Crippen LogP contribution is -2.26. The number of nitrogens with zero attached hydrogens (tertiary/aromatic N) is 1. The SMILES string of the molecule is CN(C(=O)c1cccc(F)c1Br)c1ccc(C(N)=S)cc1. The standard InChI is InChI=1S/C15H12BrFN2OS/c1-19(10-7-5-9(6-8-10)14(18)21)15(20)11-3-2-4-12(17)13(11)16/h2-8H,1H3,(H2,18,21). The van der Waals surface area contributed by atoms with Gasteiger partial charge in [-0.15, -0.1) is 0 Å². The van der Waals surface area contributed by atoms with Crippen molar-refractivity contribution in [3.05, 3.63) is 63.9 Å². The van der Waals surface area contributed by atoms with Crippen molar-refractivity contribution in [3.63, 3.8) is 0 Å². The number of benzene rings is 2. The molecule has 0 saturated heterocycles. The number of hydrogen-bond acceptors (Lipinski definition) is 2. The van der Waals surface area contributed by atoms with E-state index in [1.807, 2.05) is 0 Å². The zero-order chi connectivity index (χ0) is 15.6. The predicted octanol–water partition coefficient (Wildman–Crippen LogP) is 3.50. The van der Waals surface area contributed by atoms with Gasteiger partial charge in [-0.1, -0.05) is 18.3 Å². The van der Waals surface area contributed by atoms with Gasteiger partial charge in [-0.05, 0) is 52.3 Å². The maximum absolute atomic E-state index is 13.5. The molecular weight excluding hydrogens is 355 g/mol. The summed E-state index contributed by atoms with van der Waals surface area (Å²) in [7, 11) is 1.62. The van der Waals surface area contributed by atoms with Gasteiger partial charge in [0, 0.05) is 18.3 Å². The first-order chi connectivity index (χ1) is 9.91. The number of amides is 1. The highest BCUT2D eigenvalue weighted by molar-refractivity contribution is 9.10. The number of halogens is 2. The highest BCUT2D eigenvalue weighted by atomic mass is 79.9. The topological polar surface area (TPSA) is 46.3 Å². The second-order valence-electron chi connectivity index (χ2n) is 4.38. The van der Waals surface area contributed by atoms with E-state index in [0.717, 1.165) is 5.56 Å². The Bertz CT molecular complexity index is 703. The first-order valence-electron chi connectivity index (χ1n) is 6.03. The highest BCUT2D eigenvalue weighted by Crippen LogP contribution is 2.24. The minimum atomic E-state index is -0.474. The van der Waals surface area contributed by atoms with Gasteiger partial charge in [-0.2, -0.15) is 0 Å². The van der Waals surface area contributed by atoms with Gasteiger partial charge >= 0.3 is 0 Å². The van der Waals surface area contributed by atoms with Crippen molar-refractivity contribution >= 4 is 44.7 Å².